The Bertz CT molecular complexity index is 943. The third-order valence-corrected chi connectivity index (χ3v) is 4.75. The molecule has 7 heteroatoms. The zero-order chi connectivity index (χ0) is 22.6. The Morgan fingerprint density at radius 1 is 1.27 bits per heavy atom. The van der Waals surface area contributed by atoms with Gasteiger partial charge in [-0.3, -0.25) is 0 Å². The summed E-state index contributed by atoms with van der Waals surface area (Å²) in [6, 6.07) is 1.33. The molecule has 0 aromatic heterocycles. The predicted octanol–water partition coefficient (Wildman–Crippen LogP) is 3.90. The second-order valence-corrected chi connectivity index (χ2v) is 8.09. The number of carbonyl (C=O) groups is 2. The molecule has 0 atom stereocenters. The number of carboxylic acid groups (broad SMARTS) is 1. The van der Waals surface area contributed by atoms with Gasteiger partial charge in [0, 0.05) is 11.1 Å². The number of aliphatic hydroxyl groups is 1. The standard InChI is InChI=1S/C23H28O7/c1-13(6-5-7-15-11-16(30-22(15)28)12-23(3,4)29)8-9-17-18(24)10-14(2)19(20(17)25)21(26)27/h8,10-12,24-25,29H,5-7,9H2,1-4H3,(H,26,27)/b13-8+,16-12+. The van der Waals surface area contributed by atoms with E-state index in [2.05, 4.69) is 0 Å². The lowest BCUT2D eigenvalue weighted by molar-refractivity contribution is -0.133. The molecule has 0 fully saturated rings. The lowest BCUT2D eigenvalue weighted by atomic mass is 9.98. The molecule has 2 rings (SSSR count). The van der Waals surface area contributed by atoms with Gasteiger partial charge in [-0.1, -0.05) is 11.6 Å². The monoisotopic (exact) mass is 416 g/mol. The van der Waals surface area contributed by atoms with Gasteiger partial charge in [0.1, 0.15) is 22.8 Å². The van der Waals surface area contributed by atoms with E-state index in [-0.39, 0.29) is 28.9 Å². The summed E-state index contributed by atoms with van der Waals surface area (Å²) >= 11 is 0. The number of aromatic carboxylic acids is 1. The molecule has 1 aromatic rings. The van der Waals surface area contributed by atoms with Gasteiger partial charge >= 0.3 is 11.9 Å². The highest BCUT2D eigenvalue weighted by atomic mass is 16.5. The van der Waals surface area contributed by atoms with Crippen LogP contribution in [0.15, 0.2) is 41.2 Å². The molecule has 7 nitrogen and oxygen atoms in total. The molecule has 0 radical (unpaired) electrons. The highest BCUT2D eigenvalue weighted by Gasteiger charge is 2.23. The number of esters is 1. The highest BCUT2D eigenvalue weighted by Crippen LogP contribution is 2.34. The average Bonchev–Trinajstić information content (AvgIpc) is 2.91. The Balaban J connectivity index is 2.00. The molecule has 4 N–H and O–H groups in total. The second kappa shape index (κ2) is 9.17. The van der Waals surface area contributed by atoms with E-state index in [4.69, 9.17) is 4.74 Å². The maximum atomic E-state index is 11.9. The van der Waals surface area contributed by atoms with Gasteiger partial charge in [-0.2, -0.15) is 0 Å². The number of benzene rings is 1. The van der Waals surface area contributed by atoms with Crippen molar-refractivity contribution in [1.29, 1.82) is 0 Å². The lowest BCUT2D eigenvalue weighted by Gasteiger charge is -2.11. The molecule has 1 aromatic carbocycles. The van der Waals surface area contributed by atoms with Crippen molar-refractivity contribution < 1.29 is 34.8 Å². The van der Waals surface area contributed by atoms with Crippen LogP contribution in [0, 0.1) is 6.92 Å². The summed E-state index contributed by atoms with van der Waals surface area (Å²) in [4.78, 5) is 23.2. The van der Waals surface area contributed by atoms with E-state index in [1.807, 2.05) is 13.0 Å². The minimum absolute atomic E-state index is 0.149. The number of ether oxygens (including phenoxy) is 1. The topological polar surface area (TPSA) is 124 Å². The zero-order valence-corrected chi connectivity index (χ0v) is 17.7. The number of carbonyl (C=O) groups excluding carboxylic acids is 1. The lowest BCUT2D eigenvalue weighted by Crippen LogP contribution is -2.15. The molecule has 0 unspecified atom stereocenters. The third-order valence-electron chi connectivity index (χ3n) is 4.75. The summed E-state index contributed by atoms with van der Waals surface area (Å²) < 4.78 is 5.13. The smallest absolute Gasteiger partial charge is 0.339 e. The first-order valence-corrected chi connectivity index (χ1v) is 9.70. The molecule has 162 valence electrons. The van der Waals surface area contributed by atoms with Gasteiger partial charge < -0.3 is 25.2 Å². The number of phenolic OH excluding ortho intramolecular Hbond substituents is 1. The first kappa shape index (κ1) is 23.2. The van der Waals surface area contributed by atoms with Crippen LogP contribution in [0.5, 0.6) is 11.5 Å². The minimum Gasteiger partial charge on any atom is -0.508 e. The highest BCUT2D eigenvalue weighted by molar-refractivity contribution is 5.93. The van der Waals surface area contributed by atoms with Crippen LogP contribution < -0.4 is 0 Å². The van der Waals surface area contributed by atoms with Gasteiger partial charge in [-0.25, -0.2) is 9.59 Å². The first-order chi connectivity index (χ1) is 13.9. The molecule has 1 aliphatic rings. The number of aryl methyl sites for hydroxylation is 1. The van der Waals surface area contributed by atoms with Crippen LogP contribution in [0.4, 0.5) is 0 Å². The van der Waals surface area contributed by atoms with Crippen LogP contribution in [-0.2, 0) is 16.0 Å². The molecule has 0 saturated heterocycles. The number of phenols is 2. The van der Waals surface area contributed by atoms with Gasteiger partial charge in [0.2, 0.25) is 0 Å². The van der Waals surface area contributed by atoms with Gasteiger partial charge in [-0.05, 0) is 77.2 Å². The molecule has 1 heterocycles. The van der Waals surface area contributed by atoms with Crippen LogP contribution in [0.1, 0.15) is 61.5 Å². The number of aromatic hydroxyl groups is 2. The van der Waals surface area contributed by atoms with Crippen LogP contribution in [0.2, 0.25) is 0 Å². The fourth-order valence-corrected chi connectivity index (χ4v) is 3.26. The fraction of sp³-hybridized carbons (Fsp3) is 0.391. The molecule has 0 spiro atoms. The van der Waals surface area contributed by atoms with E-state index in [9.17, 15) is 30.0 Å². The van der Waals surface area contributed by atoms with Crippen LogP contribution in [0.3, 0.4) is 0 Å². The van der Waals surface area contributed by atoms with Crippen molar-refractivity contribution in [3.8, 4) is 11.5 Å². The van der Waals surface area contributed by atoms with Gasteiger partial charge in [0.05, 0.1) is 5.60 Å². The maximum absolute atomic E-state index is 11.9. The predicted molar refractivity (Wildman–Crippen MR) is 111 cm³/mol. The molecular weight excluding hydrogens is 388 g/mol. The molecule has 0 bridgehead atoms. The van der Waals surface area contributed by atoms with Crippen molar-refractivity contribution in [1.82, 2.24) is 0 Å². The van der Waals surface area contributed by atoms with E-state index in [1.165, 1.54) is 19.1 Å². The number of carboxylic acids is 1. The van der Waals surface area contributed by atoms with Crippen LogP contribution >= 0.6 is 0 Å². The van der Waals surface area contributed by atoms with E-state index in [0.717, 1.165) is 5.57 Å². The number of hydrogen-bond acceptors (Lipinski definition) is 6. The van der Waals surface area contributed by atoms with Crippen molar-refractivity contribution in [3.05, 3.63) is 57.9 Å². The van der Waals surface area contributed by atoms with Crippen molar-refractivity contribution >= 4 is 11.9 Å². The number of rotatable bonds is 8. The Labute approximate surface area is 175 Å². The number of hydrogen-bond donors (Lipinski definition) is 4. The van der Waals surface area contributed by atoms with Gasteiger partial charge in [0.25, 0.3) is 0 Å². The van der Waals surface area contributed by atoms with Crippen molar-refractivity contribution in [2.75, 3.05) is 0 Å². The Morgan fingerprint density at radius 3 is 2.53 bits per heavy atom. The van der Waals surface area contributed by atoms with E-state index >= 15 is 0 Å². The number of cyclic esters (lactones) is 1. The summed E-state index contributed by atoms with van der Waals surface area (Å²) in [5.74, 6) is -1.89. The first-order valence-electron chi connectivity index (χ1n) is 9.70. The summed E-state index contributed by atoms with van der Waals surface area (Å²) in [5.41, 5.74) is 0.686. The normalized spacial score (nSPS) is 16.0. The Hall–Kier alpha value is -3.06. The van der Waals surface area contributed by atoms with E-state index < -0.39 is 23.3 Å². The molecular formula is C23H28O7. The van der Waals surface area contributed by atoms with Crippen molar-refractivity contribution in [2.24, 2.45) is 0 Å². The second-order valence-electron chi connectivity index (χ2n) is 8.09. The average molecular weight is 416 g/mol. The van der Waals surface area contributed by atoms with Gasteiger partial charge in [0.15, 0.2) is 0 Å². The molecule has 0 aliphatic carbocycles. The summed E-state index contributed by atoms with van der Waals surface area (Å²) in [6.45, 7) is 6.59. The quantitative estimate of drug-likeness (QED) is 0.374. The molecule has 30 heavy (non-hydrogen) atoms. The van der Waals surface area contributed by atoms with Crippen LogP contribution in [-0.4, -0.2) is 38.0 Å². The zero-order valence-electron chi connectivity index (χ0n) is 17.7. The molecule has 1 aliphatic heterocycles. The largest absolute Gasteiger partial charge is 0.508 e. The third kappa shape index (κ3) is 5.97. The molecule has 0 saturated carbocycles. The number of allylic oxidation sites excluding steroid dienone is 3. The minimum atomic E-state index is -1.25. The van der Waals surface area contributed by atoms with Crippen molar-refractivity contribution in [3.63, 3.8) is 0 Å². The SMILES string of the molecule is C/C(=C\Cc1c(O)cc(C)c(C(=O)O)c1O)CCCC1=C/C(=C\C(C)(C)O)OC1=O. The molecule has 0 amide bonds. The Kier molecular flexibility index (Phi) is 7.10. The summed E-state index contributed by atoms with van der Waals surface area (Å²) in [7, 11) is 0. The summed E-state index contributed by atoms with van der Waals surface area (Å²) in [6.07, 6.45) is 6.99. The van der Waals surface area contributed by atoms with E-state index in [1.54, 1.807) is 19.9 Å². The summed E-state index contributed by atoms with van der Waals surface area (Å²) in [5, 5.41) is 39.3. The van der Waals surface area contributed by atoms with Crippen LogP contribution in [0.25, 0.3) is 0 Å². The Morgan fingerprint density at radius 2 is 1.93 bits per heavy atom. The van der Waals surface area contributed by atoms with Gasteiger partial charge in [-0.15, -0.1) is 0 Å². The maximum Gasteiger partial charge on any atom is 0.339 e. The fourth-order valence-electron chi connectivity index (χ4n) is 3.26. The van der Waals surface area contributed by atoms with Crippen molar-refractivity contribution in [2.45, 2.75) is 59.0 Å². The van der Waals surface area contributed by atoms with E-state index in [0.29, 0.717) is 30.6 Å².